The molecular weight excluding hydrogens is 188 g/mol. The van der Waals surface area contributed by atoms with Crippen LogP contribution in [0, 0.1) is 5.92 Å². The molecule has 0 unspecified atom stereocenters. The van der Waals surface area contributed by atoms with Gasteiger partial charge in [-0.25, -0.2) is 0 Å². The zero-order valence-electron chi connectivity index (χ0n) is 9.63. The molecule has 15 heavy (non-hydrogen) atoms. The third-order valence-electron chi connectivity index (χ3n) is 3.82. The monoisotopic (exact) mass is 210 g/mol. The summed E-state index contributed by atoms with van der Waals surface area (Å²) in [5, 5.41) is 13.1. The number of aliphatic hydroxyl groups excluding tert-OH is 1. The van der Waals surface area contributed by atoms with Crippen molar-refractivity contribution in [1.82, 2.24) is 5.32 Å². The van der Waals surface area contributed by atoms with E-state index in [0.717, 1.165) is 37.6 Å². The zero-order valence-corrected chi connectivity index (χ0v) is 9.63. The summed E-state index contributed by atoms with van der Waals surface area (Å²) in [6.45, 7) is 3.51. The van der Waals surface area contributed by atoms with E-state index >= 15 is 0 Å². The van der Waals surface area contributed by atoms with Crippen LogP contribution in [-0.2, 0) is 0 Å². The van der Waals surface area contributed by atoms with E-state index in [2.05, 4.69) is 17.2 Å². The number of hydrogen-bond acceptors (Lipinski definition) is 3. The summed E-state index contributed by atoms with van der Waals surface area (Å²) >= 11 is 0. The van der Waals surface area contributed by atoms with E-state index in [1.54, 1.807) is 0 Å². The van der Waals surface area contributed by atoms with E-state index in [1.807, 2.05) is 0 Å². The van der Waals surface area contributed by atoms with Gasteiger partial charge in [-0.05, 0) is 38.0 Å². The highest BCUT2D eigenvalue weighted by Gasteiger charge is 2.34. The number of nitrogens with zero attached hydrogens (tertiary/aromatic N) is 1. The van der Waals surface area contributed by atoms with Gasteiger partial charge in [-0.15, -0.1) is 0 Å². The fourth-order valence-electron chi connectivity index (χ4n) is 2.59. The molecule has 1 aliphatic carbocycles. The molecule has 86 valence electrons. The number of aliphatic imine (C=N–C) groups is 1. The van der Waals surface area contributed by atoms with Crippen LogP contribution in [-0.4, -0.2) is 29.6 Å². The summed E-state index contributed by atoms with van der Waals surface area (Å²) in [5.74, 6) is 1.94. The van der Waals surface area contributed by atoms with Crippen LogP contribution in [0.15, 0.2) is 4.99 Å². The topological polar surface area (TPSA) is 44.6 Å². The van der Waals surface area contributed by atoms with E-state index in [-0.39, 0.29) is 12.1 Å². The molecule has 0 atom stereocenters. The van der Waals surface area contributed by atoms with Crippen LogP contribution in [0.4, 0.5) is 0 Å². The molecule has 0 amide bonds. The Labute approximate surface area is 92.0 Å². The Bertz CT molecular complexity index is 242. The second-order valence-electron chi connectivity index (χ2n) is 5.18. The van der Waals surface area contributed by atoms with Gasteiger partial charge in [0, 0.05) is 13.0 Å². The minimum atomic E-state index is -0.0598. The highest BCUT2D eigenvalue weighted by atomic mass is 16.3. The van der Waals surface area contributed by atoms with Crippen LogP contribution < -0.4 is 5.32 Å². The maximum absolute atomic E-state index is 9.57. The van der Waals surface area contributed by atoms with Gasteiger partial charge in [-0.2, -0.15) is 0 Å². The molecule has 0 aromatic carbocycles. The van der Waals surface area contributed by atoms with Crippen molar-refractivity contribution in [2.24, 2.45) is 10.9 Å². The maximum atomic E-state index is 9.57. The SMILES string of the molecule is CC1CCC(CO)(NC2=NCCC2)CC1. The van der Waals surface area contributed by atoms with Crippen LogP contribution in [0.25, 0.3) is 0 Å². The fourth-order valence-corrected chi connectivity index (χ4v) is 2.59. The van der Waals surface area contributed by atoms with E-state index in [1.165, 1.54) is 19.3 Å². The Kier molecular flexibility index (Phi) is 3.29. The minimum absolute atomic E-state index is 0.0598. The molecule has 3 heteroatoms. The molecule has 3 nitrogen and oxygen atoms in total. The Hall–Kier alpha value is -0.570. The Morgan fingerprint density at radius 3 is 2.73 bits per heavy atom. The van der Waals surface area contributed by atoms with Gasteiger partial charge in [-0.3, -0.25) is 4.99 Å². The van der Waals surface area contributed by atoms with Crippen molar-refractivity contribution in [2.75, 3.05) is 13.2 Å². The molecule has 1 fully saturated rings. The first-order valence-corrected chi connectivity index (χ1v) is 6.16. The molecule has 0 aromatic rings. The predicted molar refractivity (Wildman–Crippen MR) is 62.1 cm³/mol. The zero-order chi connectivity index (χ0) is 10.7. The Morgan fingerprint density at radius 2 is 2.20 bits per heavy atom. The Balaban J connectivity index is 1.95. The lowest BCUT2D eigenvalue weighted by atomic mass is 9.77. The number of aliphatic hydroxyl groups is 1. The first-order chi connectivity index (χ1) is 7.24. The largest absolute Gasteiger partial charge is 0.394 e. The highest BCUT2D eigenvalue weighted by Crippen LogP contribution is 2.32. The van der Waals surface area contributed by atoms with Gasteiger partial charge in [0.15, 0.2) is 0 Å². The molecule has 2 aliphatic rings. The van der Waals surface area contributed by atoms with Gasteiger partial charge < -0.3 is 10.4 Å². The normalized spacial score (nSPS) is 36.4. The summed E-state index contributed by atoms with van der Waals surface area (Å²) in [6.07, 6.45) is 6.85. The molecule has 0 spiro atoms. The van der Waals surface area contributed by atoms with Crippen molar-refractivity contribution in [2.45, 2.75) is 51.0 Å². The van der Waals surface area contributed by atoms with E-state index in [4.69, 9.17) is 0 Å². The van der Waals surface area contributed by atoms with Crippen molar-refractivity contribution >= 4 is 5.84 Å². The van der Waals surface area contributed by atoms with Gasteiger partial charge in [0.2, 0.25) is 0 Å². The van der Waals surface area contributed by atoms with Crippen LogP contribution in [0.2, 0.25) is 0 Å². The van der Waals surface area contributed by atoms with Crippen molar-refractivity contribution < 1.29 is 5.11 Å². The standard InChI is InChI=1S/C12H22N2O/c1-10-4-6-12(9-15,7-5-10)14-11-3-2-8-13-11/h10,15H,2-9H2,1H3,(H,13,14). The number of amidine groups is 1. The van der Waals surface area contributed by atoms with Crippen molar-refractivity contribution in [1.29, 1.82) is 0 Å². The molecule has 1 aliphatic heterocycles. The van der Waals surface area contributed by atoms with Crippen molar-refractivity contribution in [3.05, 3.63) is 0 Å². The molecule has 1 heterocycles. The summed E-state index contributed by atoms with van der Waals surface area (Å²) in [6, 6.07) is 0. The lowest BCUT2D eigenvalue weighted by Crippen LogP contribution is -2.52. The minimum Gasteiger partial charge on any atom is -0.394 e. The smallest absolute Gasteiger partial charge is 0.0968 e. The summed E-state index contributed by atoms with van der Waals surface area (Å²) in [7, 11) is 0. The van der Waals surface area contributed by atoms with E-state index in [0.29, 0.717) is 0 Å². The quantitative estimate of drug-likeness (QED) is 0.728. The average molecular weight is 210 g/mol. The number of hydrogen-bond donors (Lipinski definition) is 2. The molecular formula is C12H22N2O. The maximum Gasteiger partial charge on any atom is 0.0968 e. The van der Waals surface area contributed by atoms with Crippen molar-refractivity contribution in [3.63, 3.8) is 0 Å². The lowest BCUT2D eigenvalue weighted by molar-refractivity contribution is 0.122. The number of rotatable bonds is 2. The second kappa shape index (κ2) is 4.52. The number of nitrogens with one attached hydrogen (secondary N) is 1. The van der Waals surface area contributed by atoms with Gasteiger partial charge in [0.25, 0.3) is 0 Å². The van der Waals surface area contributed by atoms with Crippen LogP contribution in [0.5, 0.6) is 0 Å². The fraction of sp³-hybridized carbons (Fsp3) is 0.917. The molecule has 0 aromatic heterocycles. The summed E-state index contributed by atoms with van der Waals surface area (Å²) in [5.41, 5.74) is -0.0598. The van der Waals surface area contributed by atoms with Gasteiger partial charge in [0.1, 0.15) is 0 Å². The first-order valence-electron chi connectivity index (χ1n) is 6.16. The average Bonchev–Trinajstić information content (AvgIpc) is 2.75. The highest BCUT2D eigenvalue weighted by molar-refractivity contribution is 5.84. The van der Waals surface area contributed by atoms with Crippen LogP contribution in [0.3, 0.4) is 0 Å². The van der Waals surface area contributed by atoms with Crippen LogP contribution >= 0.6 is 0 Å². The van der Waals surface area contributed by atoms with Gasteiger partial charge in [0.05, 0.1) is 18.0 Å². The van der Waals surface area contributed by atoms with E-state index in [9.17, 15) is 5.11 Å². The molecule has 1 saturated carbocycles. The molecule has 0 saturated heterocycles. The molecule has 2 rings (SSSR count). The summed E-state index contributed by atoms with van der Waals surface area (Å²) in [4.78, 5) is 4.44. The molecule has 0 radical (unpaired) electrons. The second-order valence-corrected chi connectivity index (χ2v) is 5.18. The molecule has 0 bridgehead atoms. The lowest BCUT2D eigenvalue weighted by Gasteiger charge is -2.39. The van der Waals surface area contributed by atoms with Gasteiger partial charge in [-0.1, -0.05) is 6.92 Å². The third-order valence-corrected chi connectivity index (χ3v) is 3.82. The van der Waals surface area contributed by atoms with Crippen LogP contribution in [0.1, 0.15) is 45.4 Å². The first kappa shape index (κ1) is 10.9. The third kappa shape index (κ3) is 2.51. The Morgan fingerprint density at radius 1 is 1.47 bits per heavy atom. The summed E-state index contributed by atoms with van der Waals surface area (Å²) < 4.78 is 0. The van der Waals surface area contributed by atoms with Crippen molar-refractivity contribution in [3.8, 4) is 0 Å². The molecule has 2 N–H and O–H groups in total. The van der Waals surface area contributed by atoms with Gasteiger partial charge >= 0.3 is 0 Å². The predicted octanol–water partition coefficient (Wildman–Crippen LogP) is 1.71. The van der Waals surface area contributed by atoms with E-state index < -0.39 is 0 Å².